The van der Waals surface area contributed by atoms with Crippen LogP contribution in [0.4, 0.5) is 0 Å². The minimum absolute atomic E-state index is 0.177. The summed E-state index contributed by atoms with van der Waals surface area (Å²) in [6.45, 7) is 3.41. The Labute approximate surface area is 172 Å². The van der Waals surface area contributed by atoms with Gasteiger partial charge in [-0.05, 0) is 36.8 Å². The first kappa shape index (κ1) is 18.7. The first-order valence-electron chi connectivity index (χ1n) is 8.96. The smallest absolute Gasteiger partial charge is 0.131 e. The van der Waals surface area contributed by atoms with Crippen LogP contribution in [0.5, 0.6) is 5.75 Å². The average molecular weight is 409 g/mol. The van der Waals surface area contributed by atoms with Crippen LogP contribution in [0.2, 0.25) is 0 Å². The molecule has 0 bridgehead atoms. The number of hydrogen-bond acceptors (Lipinski definition) is 7. The van der Waals surface area contributed by atoms with Crippen molar-refractivity contribution in [2.75, 3.05) is 0 Å². The van der Waals surface area contributed by atoms with Crippen LogP contribution in [0.1, 0.15) is 29.2 Å². The Morgan fingerprint density at radius 2 is 2.04 bits per heavy atom. The van der Waals surface area contributed by atoms with E-state index in [1.807, 2.05) is 41.4 Å². The standard InChI is InChI=1S/C21H20N4OS2/c1-15(21-25-20(13-28-21)17-3-2-8-22-10-17)23-9-16-4-6-19(7-5-16)26-11-18-12-27-14-24-18/h2-8,10,12-15,23H,9,11H2,1H3. The fraction of sp³-hybridized carbons (Fsp3) is 0.190. The Hall–Kier alpha value is -2.61. The second-order valence-corrected chi connectivity index (χ2v) is 7.94. The summed E-state index contributed by atoms with van der Waals surface area (Å²) in [6.07, 6.45) is 3.62. The lowest BCUT2D eigenvalue weighted by atomic mass is 10.2. The zero-order valence-electron chi connectivity index (χ0n) is 15.4. The van der Waals surface area contributed by atoms with E-state index in [0.29, 0.717) is 6.61 Å². The molecule has 4 aromatic rings. The number of ether oxygens (including phenoxy) is 1. The highest BCUT2D eigenvalue weighted by Crippen LogP contribution is 2.25. The summed E-state index contributed by atoms with van der Waals surface area (Å²) in [5.74, 6) is 0.853. The lowest BCUT2D eigenvalue weighted by molar-refractivity contribution is 0.302. The van der Waals surface area contributed by atoms with E-state index < -0.39 is 0 Å². The maximum atomic E-state index is 5.76. The van der Waals surface area contributed by atoms with Gasteiger partial charge < -0.3 is 10.1 Å². The monoisotopic (exact) mass is 408 g/mol. The van der Waals surface area contributed by atoms with Gasteiger partial charge in [0.25, 0.3) is 0 Å². The lowest BCUT2D eigenvalue weighted by Crippen LogP contribution is -2.17. The molecule has 1 unspecified atom stereocenters. The molecular formula is C21H20N4OS2. The number of pyridine rings is 1. The Morgan fingerprint density at radius 3 is 2.79 bits per heavy atom. The van der Waals surface area contributed by atoms with Crippen LogP contribution in [0, 0.1) is 0 Å². The number of thiazole rings is 2. The molecule has 5 nitrogen and oxygen atoms in total. The SMILES string of the molecule is CC(NCc1ccc(OCc2cscn2)cc1)c1nc(-c2cccnc2)cs1. The van der Waals surface area contributed by atoms with Gasteiger partial charge in [0.1, 0.15) is 17.4 Å². The Morgan fingerprint density at radius 1 is 1.14 bits per heavy atom. The summed E-state index contributed by atoms with van der Waals surface area (Å²) in [6, 6.07) is 12.3. The van der Waals surface area contributed by atoms with E-state index in [2.05, 4.69) is 39.7 Å². The number of hydrogen-bond donors (Lipinski definition) is 1. The van der Waals surface area contributed by atoms with E-state index in [0.717, 1.165) is 34.3 Å². The summed E-state index contributed by atoms with van der Waals surface area (Å²) in [4.78, 5) is 13.1. The molecule has 3 aromatic heterocycles. The average Bonchev–Trinajstić information content (AvgIpc) is 3.44. The molecule has 1 atom stereocenters. The molecule has 0 amide bonds. The molecule has 0 saturated carbocycles. The minimum Gasteiger partial charge on any atom is -0.487 e. The van der Waals surface area contributed by atoms with Crippen molar-refractivity contribution in [1.82, 2.24) is 20.3 Å². The van der Waals surface area contributed by atoms with Gasteiger partial charge in [-0.2, -0.15) is 0 Å². The van der Waals surface area contributed by atoms with E-state index in [9.17, 15) is 0 Å². The van der Waals surface area contributed by atoms with Crippen LogP contribution >= 0.6 is 22.7 Å². The molecule has 7 heteroatoms. The number of aromatic nitrogens is 3. The number of nitrogens with zero attached hydrogens (tertiary/aromatic N) is 3. The normalized spacial score (nSPS) is 12.0. The first-order chi connectivity index (χ1) is 13.8. The molecular weight excluding hydrogens is 388 g/mol. The molecule has 3 heterocycles. The van der Waals surface area contributed by atoms with Crippen LogP contribution in [0.15, 0.2) is 65.1 Å². The fourth-order valence-corrected chi connectivity index (χ4v) is 4.06. The van der Waals surface area contributed by atoms with Crippen LogP contribution in [-0.4, -0.2) is 15.0 Å². The molecule has 142 valence electrons. The molecule has 1 aromatic carbocycles. The van der Waals surface area contributed by atoms with E-state index in [-0.39, 0.29) is 6.04 Å². The van der Waals surface area contributed by atoms with Crippen LogP contribution < -0.4 is 10.1 Å². The van der Waals surface area contributed by atoms with Crippen LogP contribution in [-0.2, 0) is 13.2 Å². The van der Waals surface area contributed by atoms with Gasteiger partial charge in [0.15, 0.2) is 0 Å². The van der Waals surface area contributed by atoms with E-state index in [1.165, 1.54) is 5.56 Å². The van der Waals surface area contributed by atoms with Gasteiger partial charge in [-0.3, -0.25) is 4.98 Å². The third kappa shape index (κ3) is 4.81. The molecule has 1 N–H and O–H groups in total. The maximum absolute atomic E-state index is 5.76. The molecule has 28 heavy (non-hydrogen) atoms. The largest absolute Gasteiger partial charge is 0.487 e. The van der Waals surface area contributed by atoms with Crippen LogP contribution in [0.25, 0.3) is 11.3 Å². The van der Waals surface area contributed by atoms with Crippen molar-refractivity contribution in [3.05, 3.63) is 81.3 Å². The summed E-state index contributed by atoms with van der Waals surface area (Å²) in [5.41, 5.74) is 6.00. The van der Waals surface area contributed by atoms with Crippen molar-refractivity contribution in [1.29, 1.82) is 0 Å². The first-order valence-corrected chi connectivity index (χ1v) is 10.8. The van der Waals surface area contributed by atoms with Gasteiger partial charge in [0, 0.05) is 35.3 Å². The third-order valence-electron chi connectivity index (χ3n) is 4.26. The Bertz CT molecular complexity index is 985. The number of nitrogens with one attached hydrogen (secondary N) is 1. The van der Waals surface area contributed by atoms with E-state index >= 15 is 0 Å². The second kappa shape index (κ2) is 9.05. The molecule has 0 saturated heterocycles. The van der Waals surface area contributed by atoms with Crippen molar-refractivity contribution in [3.63, 3.8) is 0 Å². The van der Waals surface area contributed by atoms with Gasteiger partial charge in [0.2, 0.25) is 0 Å². The van der Waals surface area contributed by atoms with Gasteiger partial charge in [-0.15, -0.1) is 22.7 Å². The number of rotatable bonds is 8. The highest BCUT2D eigenvalue weighted by molar-refractivity contribution is 7.10. The minimum atomic E-state index is 0.177. The summed E-state index contributed by atoms with van der Waals surface area (Å²) < 4.78 is 5.76. The Kier molecular flexibility index (Phi) is 6.06. The van der Waals surface area contributed by atoms with Crippen LogP contribution in [0.3, 0.4) is 0 Å². The zero-order valence-corrected chi connectivity index (χ0v) is 17.0. The van der Waals surface area contributed by atoms with Crippen molar-refractivity contribution >= 4 is 22.7 Å². The predicted octanol–water partition coefficient (Wildman–Crippen LogP) is 5.09. The summed E-state index contributed by atoms with van der Waals surface area (Å²) in [7, 11) is 0. The molecule has 4 rings (SSSR count). The molecule has 0 radical (unpaired) electrons. The van der Waals surface area contributed by atoms with Crippen molar-refractivity contribution < 1.29 is 4.74 Å². The molecule has 0 aliphatic carbocycles. The maximum Gasteiger partial charge on any atom is 0.131 e. The summed E-state index contributed by atoms with van der Waals surface area (Å²) in [5, 5.41) is 8.69. The van der Waals surface area contributed by atoms with Crippen molar-refractivity contribution in [2.24, 2.45) is 0 Å². The van der Waals surface area contributed by atoms with Gasteiger partial charge in [-0.1, -0.05) is 12.1 Å². The third-order valence-corrected chi connectivity index (χ3v) is 5.92. The lowest BCUT2D eigenvalue weighted by Gasteiger charge is -2.12. The molecule has 0 aliphatic rings. The second-order valence-electron chi connectivity index (χ2n) is 6.33. The molecule has 0 fully saturated rings. The molecule has 0 spiro atoms. The predicted molar refractivity (Wildman–Crippen MR) is 113 cm³/mol. The van der Waals surface area contributed by atoms with Gasteiger partial charge >= 0.3 is 0 Å². The highest BCUT2D eigenvalue weighted by Gasteiger charge is 2.11. The summed E-state index contributed by atoms with van der Waals surface area (Å²) >= 11 is 3.25. The number of benzene rings is 1. The van der Waals surface area contributed by atoms with Gasteiger partial charge in [-0.25, -0.2) is 9.97 Å². The van der Waals surface area contributed by atoms with Gasteiger partial charge in [0.05, 0.1) is 22.9 Å². The highest BCUT2D eigenvalue weighted by atomic mass is 32.1. The quantitative estimate of drug-likeness (QED) is 0.440. The fourth-order valence-electron chi connectivity index (χ4n) is 2.66. The zero-order chi connectivity index (χ0) is 19.2. The van der Waals surface area contributed by atoms with E-state index in [4.69, 9.17) is 9.72 Å². The van der Waals surface area contributed by atoms with Crippen molar-refractivity contribution in [3.8, 4) is 17.0 Å². The molecule has 0 aliphatic heterocycles. The topological polar surface area (TPSA) is 59.9 Å². The Balaban J connectivity index is 1.30. The van der Waals surface area contributed by atoms with E-state index in [1.54, 1.807) is 28.9 Å². The van der Waals surface area contributed by atoms with Crippen molar-refractivity contribution in [2.45, 2.75) is 26.1 Å².